The number of phenolic OH excluding ortho intramolecular Hbond substituents is 1. The van der Waals surface area contributed by atoms with Gasteiger partial charge in [-0.1, -0.05) is 49.8 Å². The third kappa shape index (κ3) is 10.8. The molecular formula is C41H52N8O9. The first kappa shape index (κ1) is 42.9. The Hall–Kier alpha value is -6.23. The number of phenols is 1. The molecule has 2 fully saturated rings. The van der Waals surface area contributed by atoms with Crippen LogP contribution in [0.4, 0.5) is 0 Å². The fraction of sp³-hybridized carbons (Fsp3) is 0.439. The fourth-order valence-electron chi connectivity index (χ4n) is 7.01. The summed E-state index contributed by atoms with van der Waals surface area (Å²) in [4.78, 5) is 99.0. The van der Waals surface area contributed by atoms with E-state index in [2.05, 4.69) is 36.9 Å². The minimum Gasteiger partial charge on any atom is -0.508 e. The first-order valence-corrected chi connectivity index (χ1v) is 19.3. The first-order valence-electron chi connectivity index (χ1n) is 19.3. The Bertz CT molecular complexity index is 2070. The number of carbonyl (C=O) groups is 7. The van der Waals surface area contributed by atoms with E-state index >= 15 is 0 Å². The maximum absolute atomic E-state index is 13.8. The minimum absolute atomic E-state index is 0.0111. The number of amides is 7. The molecule has 310 valence electrons. The van der Waals surface area contributed by atoms with Crippen molar-refractivity contribution in [1.29, 1.82) is 0 Å². The number of allylic oxidation sites excluding steroid dienone is 2. The maximum atomic E-state index is 13.8. The smallest absolute Gasteiger partial charge is 0.246 e. The van der Waals surface area contributed by atoms with Gasteiger partial charge >= 0.3 is 0 Å². The van der Waals surface area contributed by atoms with E-state index in [0.717, 1.165) is 16.5 Å². The van der Waals surface area contributed by atoms with E-state index in [9.17, 15) is 43.8 Å². The van der Waals surface area contributed by atoms with Crippen molar-refractivity contribution in [2.75, 3.05) is 26.2 Å². The van der Waals surface area contributed by atoms with Crippen LogP contribution in [0.5, 0.6) is 5.75 Å². The Morgan fingerprint density at radius 3 is 2.17 bits per heavy atom. The summed E-state index contributed by atoms with van der Waals surface area (Å²) in [6.07, 6.45) is 3.03. The highest BCUT2D eigenvalue weighted by Gasteiger charge is 2.37. The van der Waals surface area contributed by atoms with Gasteiger partial charge in [0.15, 0.2) is 0 Å². The van der Waals surface area contributed by atoms with Crippen LogP contribution in [-0.2, 0) is 46.4 Å². The van der Waals surface area contributed by atoms with Crippen LogP contribution in [0.25, 0.3) is 10.9 Å². The standard InChI is InChI=1S/C41H52N8O9/c1-22(2)11-12-24-16-25(13-14-31(24)50)37(54)36-41(58)44-20-32(51)47-35(23(3)4)40(57)45-21-34(53)49-15-7-10-30(49)39(56)46-29(38(55)43-19-33(52)48-36)17-26-18-42-28-9-6-5-8-27(26)28/h5-6,8-9,11,13-14,16,18,23,29-30,35-37,42,50,54H,7,10,12,15,17,19-21H2,1-4H3,(H,43,55)(H,44,58)(H,45,57)(H,46,56)(H,47,51)(H,48,52)/t29-,30+,35+,36-,37-/m1/s1. The molecule has 0 radical (unpaired) electrons. The number of nitrogens with one attached hydrogen (secondary N) is 7. The SMILES string of the molecule is CC(C)=CCc1cc([C@@H](O)[C@H]2NC(=O)CNC(=O)[C@@H](Cc3c[nH]c4ccccc34)NC(=O)[C@@H]3CCCN3C(=O)CNC(=O)[C@H](C(C)C)NC(=O)CNC2=O)ccc1O. The van der Waals surface area contributed by atoms with E-state index < -0.39 is 97.2 Å². The number of hydrogen-bond donors (Lipinski definition) is 9. The third-order valence-electron chi connectivity index (χ3n) is 10.2. The van der Waals surface area contributed by atoms with E-state index in [4.69, 9.17) is 0 Å². The van der Waals surface area contributed by atoms with Crippen LogP contribution in [0.2, 0.25) is 0 Å². The van der Waals surface area contributed by atoms with Crippen molar-refractivity contribution in [2.45, 2.75) is 83.6 Å². The van der Waals surface area contributed by atoms with Crippen LogP contribution >= 0.6 is 0 Å². The molecule has 0 unspecified atom stereocenters. The molecule has 0 saturated carbocycles. The quantitative estimate of drug-likeness (QED) is 0.147. The predicted octanol–water partition coefficient (Wildman–Crippen LogP) is 0.122. The second kappa shape index (κ2) is 19.3. The second-order valence-corrected chi connectivity index (χ2v) is 15.2. The van der Waals surface area contributed by atoms with Gasteiger partial charge in [-0.3, -0.25) is 33.6 Å². The Labute approximate surface area is 335 Å². The number of benzene rings is 2. The number of aromatic hydroxyl groups is 1. The Kier molecular flexibility index (Phi) is 14.3. The Morgan fingerprint density at radius 1 is 0.810 bits per heavy atom. The van der Waals surface area contributed by atoms with Crippen LogP contribution in [-0.4, -0.2) is 112 Å². The highest BCUT2D eigenvalue weighted by molar-refractivity contribution is 5.97. The van der Waals surface area contributed by atoms with Gasteiger partial charge in [-0.25, -0.2) is 0 Å². The molecule has 5 atom stereocenters. The number of hydrogen-bond acceptors (Lipinski definition) is 9. The molecule has 5 rings (SSSR count). The normalized spacial score (nSPS) is 22.4. The zero-order valence-corrected chi connectivity index (χ0v) is 33.0. The average Bonchev–Trinajstić information content (AvgIpc) is 3.86. The van der Waals surface area contributed by atoms with Gasteiger partial charge < -0.3 is 52.0 Å². The molecule has 2 aliphatic rings. The van der Waals surface area contributed by atoms with E-state index in [1.54, 1.807) is 20.0 Å². The highest BCUT2D eigenvalue weighted by Crippen LogP contribution is 2.26. The van der Waals surface area contributed by atoms with Crippen molar-refractivity contribution in [3.63, 3.8) is 0 Å². The zero-order chi connectivity index (χ0) is 42.1. The summed E-state index contributed by atoms with van der Waals surface area (Å²) in [5, 5.41) is 38.1. The number of para-hydroxylation sites is 1. The molecule has 2 saturated heterocycles. The van der Waals surface area contributed by atoms with Crippen molar-refractivity contribution in [3.8, 4) is 5.75 Å². The lowest BCUT2D eigenvalue weighted by molar-refractivity contribution is -0.140. The lowest BCUT2D eigenvalue weighted by atomic mass is 9.97. The largest absolute Gasteiger partial charge is 0.508 e. The zero-order valence-electron chi connectivity index (χ0n) is 33.0. The summed E-state index contributed by atoms with van der Waals surface area (Å²) in [6, 6.07) is 6.67. The van der Waals surface area contributed by atoms with E-state index in [-0.39, 0.29) is 24.3 Å². The van der Waals surface area contributed by atoms with Crippen molar-refractivity contribution < 1.29 is 43.8 Å². The summed E-state index contributed by atoms with van der Waals surface area (Å²) in [7, 11) is 0. The number of rotatable bonds is 7. The molecular weight excluding hydrogens is 748 g/mol. The van der Waals surface area contributed by atoms with Gasteiger partial charge in [0.25, 0.3) is 0 Å². The number of carbonyl (C=O) groups excluding carboxylic acids is 7. The van der Waals surface area contributed by atoms with Gasteiger partial charge in [-0.2, -0.15) is 0 Å². The van der Waals surface area contributed by atoms with Gasteiger partial charge in [0.2, 0.25) is 41.4 Å². The van der Waals surface area contributed by atoms with Crippen LogP contribution in [0.3, 0.4) is 0 Å². The second-order valence-electron chi connectivity index (χ2n) is 15.2. The number of aromatic amines is 1. The fourth-order valence-corrected chi connectivity index (χ4v) is 7.01. The maximum Gasteiger partial charge on any atom is 0.246 e. The lowest BCUT2D eigenvalue weighted by Gasteiger charge is -2.27. The Morgan fingerprint density at radius 2 is 1.47 bits per heavy atom. The molecule has 7 amide bonds. The van der Waals surface area contributed by atoms with Gasteiger partial charge in [-0.05, 0) is 73.9 Å². The van der Waals surface area contributed by atoms with Crippen molar-refractivity contribution in [3.05, 3.63) is 77.0 Å². The number of aromatic nitrogens is 1. The lowest BCUT2D eigenvalue weighted by Crippen LogP contribution is -2.56. The summed E-state index contributed by atoms with van der Waals surface area (Å²) >= 11 is 0. The first-order chi connectivity index (χ1) is 27.6. The molecule has 3 heterocycles. The third-order valence-corrected chi connectivity index (χ3v) is 10.2. The highest BCUT2D eigenvalue weighted by atomic mass is 16.3. The Balaban J connectivity index is 1.45. The number of aliphatic hydroxyl groups is 1. The number of H-pyrrole nitrogens is 1. The summed E-state index contributed by atoms with van der Waals surface area (Å²) < 4.78 is 0. The molecule has 2 aliphatic heterocycles. The van der Waals surface area contributed by atoms with Crippen molar-refractivity contribution >= 4 is 52.3 Å². The summed E-state index contributed by atoms with van der Waals surface area (Å²) in [5.74, 6) is -5.63. The van der Waals surface area contributed by atoms with E-state index in [1.165, 1.54) is 23.1 Å². The molecule has 17 nitrogen and oxygen atoms in total. The number of aliphatic hydroxyl groups excluding tert-OH is 1. The molecule has 0 spiro atoms. The molecule has 58 heavy (non-hydrogen) atoms. The number of nitrogens with zero attached hydrogens (tertiary/aromatic N) is 1. The average molecular weight is 801 g/mol. The monoisotopic (exact) mass is 800 g/mol. The van der Waals surface area contributed by atoms with E-state index in [0.29, 0.717) is 30.4 Å². The van der Waals surface area contributed by atoms with Gasteiger partial charge in [0.05, 0.1) is 19.6 Å². The summed E-state index contributed by atoms with van der Waals surface area (Å²) in [6.45, 7) is 5.59. The van der Waals surface area contributed by atoms with Gasteiger partial charge in [0.1, 0.15) is 36.0 Å². The molecule has 9 N–H and O–H groups in total. The van der Waals surface area contributed by atoms with Gasteiger partial charge in [-0.15, -0.1) is 0 Å². The topological polar surface area (TPSA) is 251 Å². The van der Waals surface area contributed by atoms with E-state index in [1.807, 2.05) is 44.2 Å². The minimum atomic E-state index is -1.70. The molecule has 2 aromatic carbocycles. The molecule has 3 aromatic rings. The summed E-state index contributed by atoms with van der Waals surface area (Å²) in [5.41, 5.74) is 3.11. The van der Waals surface area contributed by atoms with Crippen molar-refractivity contribution in [1.82, 2.24) is 41.8 Å². The van der Waals surface area contributed by atoms with Crippen LogP contribution in [0.15, 0.2) is 60.3 Å². The van der Waals surface area contributed by atoms with Crippen LogP contribution < -0.4 is 31.9 Å². The molecule has 0 aliphatic carbocycles. The number of fused-ring (bicyclic) bond motifs is 2. The predicted molar refractivity (Wildman–Crippen MR) is 213 cm³/mol. The molecule has 17 heteroatoms. The van der Waals surface area contributed by atoms with Crippen molar-refractivity contribution in [2.24, 2.45) is 5.92 Å². The van der Waals surface area contributed by atoms with Gasteiger partial charge in [0, 0.05) is 30.1 Å². The molecule has 1 aromatic heterocycles. The van der Waals surface area contributed by atoms with Crippen LogP contribution in [0.1, 0.15) is 63.3 Å². The molecule has 0 bridgehead atoms. The van der Waals surface area contributed by atoms with Crippen LogP contribution in [0, 0.1) is 5.92 Å².